The van der Waals surface area contributed by atoms with E-state index < -0.39 is 5.60 Å². The predicted molar refractivity (Wildman–Crippen MR) is 132 cm³/mol. The van der Waals surface area contributed by atoms with Gasteiger partial charge in [-0.05, 0) is 57.2 Å². The average molecular weight is 445 g/mol. The fraction of sp³-hybridized carbons (Fsp3) is 0.429. The molecule has 0 spiro atoms. The first-order chi connectivity index (χ1) is 15.9. The van der Waals surface area contributed by atoms with Gasteiger partial charge in [-0.3, -0.25) is 9.69 Å². The number of fused-ring (bicyclic) bond motifs is 5. The maximum atomic E-state index is 13.2. The molecule has 1 amide bonds. The van der Waals surface area contributed by atoms with Gasteiger partial charge in [-0.1, -0.05) is 49.6 Å². The monoisotopic (exact) mass is 444 g/mol. The van der Waals surface area contributed by atoms with E-state index in [1.54, 1.807) is 4.90 Å². The standard InChI is InChI=1S/C28H32N2O3/c1-28(2,3)33-27(32)30-16-15-29-24-17-19(18-31)13-14-21(24)25(20-9-5-4-6-10-20)26(29)22-11-7-8-12-23(22)30/h7-8,11-14,17-18,20H,4-6,9-10,15-16H2,1-3H3. The third kappa shape index (κ3) is 3.94. The summed E-state index contributed by atoms with van der Waals surface area (Å²) < 4.78 is 8.10. The third-order valence-electron chi connectivity index (χ3n) is 6.89. The summed E-state index contributed by atoms with van der Waals surface area (Å²) >= 11 is 0. The molecule has 2 aromatic carbocycles. The van der Waals surface area contributed by atoms with Crippen molar-refractivity contribution in [2.24, 2.45) is 0 Å². The van der Waals surface area contributed by atoms with Gasteiger partial charge in [0, 0.05) is 35.1 Å². The Hall–Kier alpha value is -3.08. The van der Waals surface area contributed by atoms with E-state index in [2.05, 4.69) is 16.7 Å². The normalized spacial score (nSPS) is 16.8. The van der Waals surface area contributed by atoms with Gasteiger partial charge in [0.15, 0.2) is 0 Å². The zero-order valence-corrected chi connectivity index (χ0v) is 19.8. The van der Waals surface area contributed by atoms with E-state index in [-0.39, 0.29) is 6.09 Å². The van der Waals surface area contributed by atoms with Crippen molar-refractivity contribution in [3.05, 3.63) is 53.6 Å². The first-order valence-electron chi connectivity index (χ1n) is 12.1. The molecule has 3 aromatic rings. The summed E-state index contributed by atoms with van der Waals surface area (Å²) in [5.41, 5.74) is 5.72. The molecule has 0 unspecified atom stereocenters. The Labute approximate surface area is 195 Å². The highest BCUT2D eigenvalue weighted by Gasteiger charge is 2.33. The van der Waals surface area contributed by atoms with Crippen molar-refractivity contribution in [1.82, 2.24) is 4.57 Å². The molecule has 1 aromatic heterocycles. The lowest BCUT2D eigenvalue weighted by atomic mass is 9.81. The van der Waals surface area contributed by atoms with Crippen LogP contribution >= 0.6 is 0 Å². The lowest BCUT2D eigenvalue weighted by molar-refractivity contribution is 0.0579. The van der Waals surface area contributed by atoms with Gasteiger partial charge in [0.2, 0.25) is 0 Å². The Morgan fingerprint density at radius 2 is 1.79 bits per heavy atom. The molecule has 5 rings (SSSR count). The van der Waals surface area contributed by atoms with Gasteiger partial charge in [-0.2, -0.15) is 0 Å². The Balaban J connectivity index is 1.74. The summed E-state index contributed by atoms with van der Waals surface area (Å²) in [6.45, 7) is 6.85. The molecule has 33 heavy (non-hydrogen) atoms. The Kier molecular flexibility index (Phi) is 5.51. The zero-order chi connectivity index (χ0) is 23.2. The van der Waals surface area contributed by atoms with E-state index in [4.69, 9.17) is 4.74 Å². The molecule has 0 radical (unpaired) electrons. The number of carbonyl (C=O) groups is 2. The summed E-state index contributed by atoms with van der Waals surface area (Å²) in [6.07, 6.45) is 6.74. The number of amides is 1. The van der Waals surface area contributed by atoms with Crippen molar-refractivity contribution in [2.75, 3.05) is 11.4 Å². The number of aldehydes is 1. The fourth-order valence-corrected chi connectivity index (χ4v) is 5.53. The first-order valence-corrected chi connectivity index (χ1v) is 12.1. The van der Waals surface area contributed by atoms with Gasteiger partial charge in [0.05, 0.1) is 11.4 Å². The second-order valence-electron chi connectivity index (χ2n) is 10.3. The number of hydrogen-bond acceptors (Lipinski definition) is 3. The molecular weight excluding hydrogens is 412 g/mol. The number of anilines is 1. The maximum absolute atomic E-state index is 13.2. The molecule has 172 valence electrons. The highest BCUT2D eigenvalue weighted by Crippen LogP contribution is 2.47. The van der Waals surface area contributed by atoms with E-state index in [0.717, 1.165) is 23.1 Å². The average Bonchev–Trinajstić information content (AvgIpc) is 3.01. The summed E-state index contributed by atoms with van der Waals surface area (Å²) in [5.74, 6) is 0.487. The van der Waals surface area contributed by atoms with Crippen LogP contribution in [-0.2, 0) is 11.3 Å². The summed E-state index contributed by atoms with van der Waals surface area (Å²) in [6, 6.07) is 14.2. The van der Waals surface area contributed by atoms with E-state index in [1.165, 1.54) is 48.7 Å². The van der Waals surface area contributed by atoms with Crippen LogP contribution in [0.1, 0.15) is 74.7 Å². The zero-order valence-electron chi connectivity index (χ0n) is 19.8. The molecule has 2 heterocycles. The summed E-state index contributed by atoms with van der Waals surface area (Å²) in [5, 5.41) is 1.24. The molecule has 2 aliphatic rings. The van der Waals surface area contributed by atoms with Crippen molar-refractivity contribution >= 4 is 29.0 Å². The lowest BCUT2D eigenvalue weighted by Gasteiger charge is -2.28. The topological polar surface area (TPSA) is 51.5 Å². The van der Waals surface area contributed by atoms with E-state index in [9.17, 15) is 9.59 Å². The first kappa shape index (κ1) is 21.7. The number of ether oxygens (including phenoxy) is 1. The molecule has 1 aliphatic heterocycles. The lowest BCUT2D eigenvalue weighted by Crippen LogP contribution is -2.38. The van der Waals surface area contributed by atoms with Gasteiger partial charge in [-0.25, -0.2) is 4.79 Å². The predicted octanol–water partition coefficient (Wildman–Crippen LogP) is 6.92. The van der Waals surface area contributed by atoms with Crippen LogP contribution in [-0.4, -0.2) is 29.1 Å². The molecule has 0 atom stereocenters. The Bertz CT molecular complexity index is 1210. The van der Waals surface area contributed by atoms with Gasteiger partial charge in [0.25, 0.3) is 0 Å². The maximum Gasteiger partial charge on any atom is 0.414 e. The molecule has 5 heteroatoms. The van der Waals surface area contributed by atoms with Crippen LogP contribution in [0.25, 0.3) is 22.2 Å². The number of aromatic nitrogens is 1. The van der Waals surface area contributed by atoms with Crippen molar-refractivity contribution in [1.29, 1.82) is 0 Å². The van der Waals surface area contributed by atoms with Crippen molar-refractivity contribution in [2.45, 2.75) is 70.9 Å². The summed E-state index contributed by atoms with van der Waals surface area (Å²) in [7, 11) is 0. The van der Waals surface area contributed by atoms with E-state index in [0.29, 0.717) is 24.6 Å². The fourth-order valence-electron chi connectivity index (χ4n) is 5.53. The molecule has 0 saturated heterocycles. The minimum atomic E-state index is -0.563. The van der Waals surface area contributed by atoms with Gasteiger partial charge in [0.1, 0.15) is 11.9 Å². The Morgan fingerprint density at radius 1 is 1.03 bits per heavy atom. The van der Waals surface area contributed by atoms with Crippen molar-refractivity contribution < 1.29 is 14.3 Å². The number of para-hydroxylation sites is 1. The molecule has 5 nitrogen and oxygen atoms in total. The Morgan fingerprint density at radius 3 is 2.52 bits per heavy atom. The highest BCUT2D eigenvalue weighted by atomic mass is 16.6. The van der Waals surface area contributed by atoms with Crippen LogP contribution in [0.4, 0.5) is 10.5 Å². The number of benzene rings is 2. The number of carbonyl (C=O) groups excluding carboxylic acids is 2. The van der Waals surface area contributed by atoms with E-state index >= 15 is 0 Å². The van der Waals surface area contributed by atoms with Crippen LogP contribution in [0.15, 0.2) is 42.5 Å². The van der Waals surface area contributed by atoms with Crippen molar-refractivity contribution in [3.63, 3.8) is 0 Å². The minimum absolute atomic E-state index is 0.321. The number of rotatable bonds is 2. The number of hydrogen-bond donors (Lipinski definition) is 0. The smallest absolute Gasteiger partial charge is 0.414 e. The highest BCUT2D eigenvalue weighted by molar-refractivity contribution is 6.00. The summed E-state index contributed by atoms with van der Waals surface area (Å²) in [4.78, 5) is 26.6. The quantitative estimate of drug-likeness (QED) is 0.403. The van der Waals surface area contributed by atoms with Gasteiger partial charge >= 0.3 is 6.09 Å². The molecular formula is C28H32N2O3. The molecule has 1 fully saturated rings. The SMILES string of the molecule is CC(C)(C)OC(=O)N1CCn2c(c(C3CCCCC3)c3ccc(C=O)cc32)-c2ccccc21. The van der Waals surface area contributed by atoms with Crippen LogP contribution in [0.2, 0.25) is 0 Å². The van der Waals surface area contributed by atoms with E-state index in [1.807, 2.05) is 51.1 Å². The second kappa shape index (κ2) is 8.36. The molecule has 0 N–H and O–H groups in total. The van der Waals surface area contributed by atoms with Crippen LogP contribution in [0.5, 0.6) is 0 Å². The second-order valence-corrected chi connectivity index (χ2v) is 10.3. The largest absolute Gasteiger partial charge is 0.443 e. The van der Waals surface area contributed by atoms with Crippen LogP contribution < -0.4 is 4.90 Å². The van der Waals surface area contributed by atoms with Crippen molar-refractivity contribution in [3.8, 4) is 11.3 Å². The van der Waals surface area contributed by atoms with Gasteiger partial charge < -0.3 is 9.30 Å². The molecule has 0 bridgehead atoms. The van der Waals surface area contributed by atoms with Crippen LogP contribution in [0, 0.1) is 0 Å². The molecule has 1 aliphatic carbocycles. The van der Waals surface area contributed by atoms with Crippen LogP contribution in [0.3, 0.4) is 0 Å². The minimum Gasteiger partial charge on any atom is -0.443 e. The number of nitrogens with zero attached hydrogens (tertiary/aromatic N) is 2. The third-order valence-corrected chi connectivity index (χ3v) is 6.89. The molecule has 1 saturated carbocycles. The van der Waals surface area contributed by atoms with Gasteiger partial charge in [-0.15, -0.1) is 0 Å².